The van der Waals surface area contributed by atoms with E-state index in [1.165, 1.54) is 23.1 Å². The van der Waals surface area contributed by atoms with E-state index in [0.29, 0.717) is 24.2 Å². The van der Waals surface area contributed by atoms with E-state index in [2.05, 4.69) is 10.4 Å². The van der Waals surface area contributed by atoms with Crippen molar-refractivity contribution in [3.63, 3.8) is 0 Å². The second kappa shape index (κ2) is 6.97. The number of halogens is 1. The Balaban J connectivity index is 1.47. The molecule has 1 aromatic carbocycles. The Bertz CT molecular complexity index is 989. The predicted octanol–water partition coefficient (Wildman–Crippen LogP) is 1.91. The average molecular weight is 406 g/mol. The van der Waals surface area contributed by atoms with Gasteiger partial charge in [0, 0.05) is 30.7 Å². The summed E-state index contributed by atoms with van der Waals surface area (Å²) in [6.07, 6.45) is 4.18. The predicted molar refractivity (Wildman–Crippen MR) is 103 cm³/mol. The third-order valence-electron chi connectivity index (χ3n) is 5.64. The van der Waals surface area contributed by atoms with Crippen LogP contribution in [0.5, 0.6) is 0 Å². The SMILES string of the molecule is Cn1nc(-c2ccc(F)cc2)cc1C(=O)NC1CC2CCC(C1)N2S(C)(=O)=O. The van der Waals surface area contributed by atoms with Crippen molar-refractivity contribution < 1.29 is 17.6 Å². The molecule has 0 spiro atoms. The van der Waals surface area contributed by atoms with Gasteiger partial charge in [-0.1, -0.05) is 0 Å². The van der Waals surface area contributed by atoms with Crippen molar-refractivity contribution in [2.45, 2.75) is 43.8 Å². The van der Waals surface area contributed by atoms with Gasteiger partial charge in [-0.25, -0.2) is 12.8 Å². The molecule has 0 saturated carbocycles. The highest BCUT2D eigenvalue weighted by molar-refractivity contribution is 7.88. The number of nitrogens with zero attached hydrogens (tertiary/aromatic N) is 3. The van der Waals surface area contributed by atoms with Crippen LogP contribution in [0.1, 0.15) is 36.2 Å². The quantitative estimate of drug-likeness (QED) is 0.841. The summed E-state index contributed by atoms with van der Waals surface area (Å²) in [6, 6.07) is 7.50. The van der Waals surface area contributed by atoms with Crippen LogP contribution >= 0.6 is 0 Å². The molecule has 1 N–H and O–H groups in total. The highest BCUT2D eigenvalue weighted by atomic mass is 32.2. The molecule has 1 amide bonds. The summed E-state index contributed by atoms with van der Waals surface area (Å²) in [7, 11) is -1.53. The van der Waals surface area contributed by atoms with Crippen LogP contribution in [0, 0.1) is 5.82 Å². The Morgan fingerprint density at radius 1 is 1.18 bits per heavy atom. The maximum absolute atomic E-state index is 13.1. The summed E-state index contributed by atoms with van der Waals surface area (Å²) in [5, 5.41) is 7.40. The van der Waals surface area contributed by atoms with E-state index >= 15 is 0 Å². The van der Waals surface area contributed by atoms with Crippen LogP contribution in [-0.4, -0.2) is 52.8 Å². The molecule has 2 bridgehead atoms. The van der Waals surface area contributed by atoms with Gasteiger partial charge in [-0.15, -0.1) is 0 Å². The van der Waals surface area contributed by atoms with Crippen LogP contribution in [-0.2, 0) is 17.1 Å². The molecule has 1 aromatic heterocycles. The molecule has 0 radical (unpaired) electrons. The Labute approximate surface area is 163 Å². The van der Waals surface area contributed by atoms with Gasteiger partial charge in [-0.3, -0.25) is 9.48 Å². The molecule has 2 aromatic rings. The minimum atomic E-state index is -3.22. The molecular weight excluding hydrogens is 383 g/mol. The second-order valence-electron chi connectivity index (χ2n) is 7.67. The van der Waals surface area contributed by atoms with Gasteiger partial charge in [0.2, 0.25) is 10.0 Å². The van der Waals surface area contributed by atoms with Gasteiger partial charge >= 0.3 is 0 Å². The average Bonchev–Trinajstić information content (AvgIpc) is 3.14. The Hall–Kier alpha value is -2.26. The number of sulfonamides is 1. The fourth-order valence-electron chi connectivity index (χ4n) is 4.49. The molecular formula is C19H23FN4O3S. The van der Waals surface area contributed by atoms with Crippen LogP contribution in [0.2, 0.25) is 0 Å². The van der Waals surface area contributed by atoms with Gasteiger partial charge < -0.3 is 5.32 Å². The monoisotopic (exact) mass is 406 g/mol. The van der Waals surface area contributed by atoms with Crippen LogP contribution in [0.3, 0.4) is 0 Å². The lowest BCUT2D eigenvalue weighted by molar-refractivity contribution is 0.0900. The zero-order chi connectivity index (χ0) is 20.1. The van der Waals surface area contributed by atoms with E-state index in [0.717, 1.165) is 18.4 Å². The van der Waals surface area contributed by atoms with E-state index < -0.39 is 10.0 Å². The second-order valence-corrected chi connectivity index (χ2v) is 9.55. The number of hydrogen-bond acceptors (Lipinski definition) is 4. The van der Waals surface area contributed by atoms with Crippen molar-refractivity contribution in [1.29, 1.82) is 0 Å². The molecule has 2 atom stereocenters. The van der Waals surface area contributed by atoms with Crippen molar-refractivity contribution in [2.75, 3.05) is 6.26 Å². The summed E-state index contributed by atoms with van der Waals surface area (Å²) < 4.78 is 40.2. The van der Waals surface area contributed by atoms with E-state index in [1.807, 2.05) is 0 Å². The molecule has 4 rings (SSSR count). The molecule has 2 saturated heterocycles. The number of carbonyl (C=O) groups is 1. The number of amides is 1. The summed E-state index contributed by atoms with van der Waals surface area (Å²) >= 11 is 0. The number of aromatic nitrogens is 2. The molecule has 0 aliphatic carbocycles. The number of hydrogen-bond donors (Lipinski definition) is 1. The maximum atomic E-state index is 13.1. The largest absolute Gasteiger partial charge is 0.348 e. The standard InChI is InChI=1S/C19H23FN4O3S/c1-23-18(11-17(22-23)12-3-5-13(20)6-4-12)19(25)21-14-9-15-7-8-16(10-14)24(15)28(2,26)27/h3-6,11,14-16H,7-10H2,1-2H3,(H,21,25). The van der Waals surface area contributed by atoms with Gasteiger partial charge in [0.25, 0.3) is 5.91 Å². The number of fused-ring (bicyclic) bond motifs is 2. The fourth-order valence-corrected chi connectivity index (χ4v) is 5.96. The third kappa shape index (κ3) is 3.56. The highest BCUT2D eigenvalue weighted by Crippen LogP contribution is 2.37. The lowest BCUT2D eigenvalue weighted by atomic mass is 9.99. The third-order valence-corrected chi connectivity index (χ3v) is 7.00. The molecule has 9 heteroatoms. The Morgan fingerprint density at radius 3 is 2.36 bits per heavy atom. The number of piperidine rings is 1. The lowest BCUT2D eigenvalue weighted by Gasteiger charge is -2.37. The lowest BCUT2D eigenvalue weighted by Crippen LogP contribution is -2.52. The van der Waals surface area contributed by atoms with Gasteiger partial charge in [0.15, 0.2) is 0 Å². The summed E-state index contributed by atoms with van der Waals surface area (Å²) in [5.74, 6) is -0.562. The van der Waals surface area contributed by atoms with E-state index in [-0.39, 0.29) is 29.8 Å². The smallest absolute Gasteiger partial charge is 0.269 e. The van der Waals surface area contributed by atoms with E-state index in [1.54, 1.807) is 29.6 Å². The number of nitrogens with one attached hydrogen (secondary N) is 1. The minimum absolute atomic E-state index is 0.0413. The summed E-state index contributed by atoms with van der Waals surface area (Å²) in [5.41, 5.74) is 1.74. The first kappa shape index (κ1) is 19.1. The minimum Gasteiger partial charge on any atom is -0.348 e. The van der Waals surface area contributed by atoms with Crippen LogP contribution < -0.4 is 5.32 Å². The number of carbonyl (C=O) groups excluding carboxylic acids is 1. The normalized spacial score (nSPS) is 25.0. The molecule has 7 nitrogen and oxygen atoms in total. The Kier molecular flexibility index (Phi) is 4.75. The molecule has 2 aliphatic rings. The summed E-state index contributed by atoms with van der Waals surface area (Å²) in [4.78, 5) is 12.8. The maximum Gasteiger partial charge on any atom is 0.269 e. The first-order valence-electron chi connectivity index (χ1n) is 9.31. The van der Waals surface area contributed by atoms with Gasteiger partial charge in [-0.05, 0) is 56.0 Å². The van der Waals surface area contributed by atoms with Gasteiger partial charge in [0.05, 0.1) is 11.9 Å². The number of aryl methyl sites for hydroxylation is 1. The Morgan fingerprint density at radius 2 is 1.79 bits per heavy atom. The number of benzene rings is 1. The number of rotatable bonds is 4. The van der Waals surface area contributed by atoms with Crippen molar-refractivity contribution in [2.24, 2.45) is 7.05 Å². The van der Waals surface area contributed by atoms with E-state index in [9.17, 15) is 17.6 Å². The van der Waals surface area contributed by atoms with Crippen molar-refractivity contribution >= 4 is 15.9 Å². The topological polar surface area (TPSA) is 84.3 Å². The fraction of sp³-hybridized carbons (Fsp3) is 0.474. The zero-order valence-corrected chi connectivity index (χ0v) is 16.6. The molecule has 2 unspecified atom stereocenters. The van der Waals surface area contributed by atoms with Crippen molar-refractivity contribution in [3.8, 4) is 11.3 Å². The molecule has 2 aliphatic heterocycles. The van der Waals surface area contributed by atoms with E-state index in [4.69, 9.17) is 0 Å². The van der Waals surface area contributed by atoms with Crippen LogP contribution in [0.4, 0.5) is 4.39 Å². The molecule has 3 heterocycles. The zero-order valence-electron chi connectivity index (χ0n) is 15.8. The molecule has 28 heavy (non-hydrogen) atoms. The van der Waals surface area contributed by atoms with Crippen LogP contribution in [0.25, 0.3) is 11.3 Å². The van der Waals surface area contributed by atoms with Crippen molar-refractivity contribution in [1.82, 2.24) is 19.4 Å². The summed E-state index contributed by atoms with van der Waals surface area (Å²) in [6.45, 7) is 0. The molecule has 2 fully saturated rings. The molecule has 150 valence electrons. The first-order chi connectivity index (χ1) is 13.2. The van der Waals surface area contributed by atoms with Crippen LogP contribution in [0.15, 0.2) is 30.3 Å². The van der Waals surface area contributed by atoms with Gasteiger partial charge in [0.1, 0.15) is 11.5 Å². The first-order valence-corrected chi connectivity index (χ1v) is 11.2. The highest BCUT2D eigenvalue weighted by Gasteiger charge is 2.45. The van der Waals surface area contributed by atoms with Crippen molar-refractivity contribution in [3.05, 3.63) is 41.8 Å². The van der Waals surface area contributed by atoms with Gasteiger partial charge in [-0.2, -0.15) is 9.40 Å².